The molecule has 0 rings (SSSR count). The molecular weight excluding hydrogens is 522 g/mol. The first-order valence-corrected chi connectivity index (χ1v) is 13.4. The number of Topliss-reactive ketones (excluding diaryl/α,β-unsaturated/α-hetero) is 1. The van der Waals surface area contributed by atoms with Gasteiger partial charge in [0.15, 0.2) is 0 Å². The Morgan fingerprint density at radius 2 is 0.850 bits per heavy atom. The van der Waals surface area contributed by atoms with Crippen molar-refractivity contribution in [3.05, 3.63) is 0 Å². The van der Waals surface area contributed by atoms with Gasteiger partial charge >= 0.3 is 0 Å². The summed E-state index contributed by atoms with van der Waals surface area (Å²) in [5.41, 5.74) is 4.56. The van der Waals surface area contributed by atoms with Crippen LogP contribution in [0.15, 0.2) is 0 Å². The number of carbonyl (C=O) groups is 1. The zero-order chi connectivity index (χ0) is 29.4. The molecule has 40 heavy (non-hydrogen) atoms. The molecule has 0 aliphatic rings. The molecule has 0 saturated carbocycles. The average Bonchev–Trinajstić information content (AvgIpc) is 2.94. The summed E-state index contributed by atoms with van der Waals surface area (Å²) in [7, 11) is 0. The van der Waals surface area contributed by atoms with E-state index in [2.05, 4.69) is 17.8 Å². The molecule has 0 aromatic carbocycles. The molecule has 0 amide bonds. The molecule has 0 fully saturated rings. The molecule has 0 atom stereocenters. The van der Waals surface area contributed by atoms with E-state index in [0.717, 1.165) is 0 Å². The number of nitrogens with two attached hydrogens (primary N) is 1. The first kappa shape index (κ1) is 38.0. The third kappa shape index (κ3) is 25.0. The minimum Gasteiger partial charge on any atom is -0.379 e. The largest absolute Gasteiger partial charge is 0.379 e. The summed E-state index contributed by atoms with van der Waals surface area (Å²) in [5.74, 6) is 7.20. The topological polar surface area (TPSA) is 126 Å². The summed E-state index contributed by atoms with van der Waals surface area (Å²) >= 11 is 0. The van der Waals surface area contributed by atoms with E-state index in [9.17, 15) is 4.79 Å². The van der Waals surface area contributed by atoms with Crippen molar-refractivity contribution in [3.63, 3.8) is 0 Å². The molecule has 0 aliphatic heterocycles. The van der Waals surface area contributed by atoms with Crippen LogP contribution in [0.5, 0.6) is 0 Å². The lowest BCUT2D eigenvalue weighted by molar-refractivity contribution is -0.128. The van der Waals surface area contributed by atoms with E-state index >= 15 is 0 Å². The second-order valence-electron chi connectivity index (χ2n) is 8.52. The van der Waals surface area contributed by atoms with Gasteiger partial charge in [-0.3, -0.25) is 4.79 Å². The first-order chi connectivity index (χ1) is 19.6. The number of ketones is 1. The normalized spacial score (nSPS) is 11.2. The van der Waals surface area contributed by atoms with E-state index in [0.29, 0.717) is 79.2 Å². The Kier molecular flexibility index (Phi) is 28.4. The van der Waals surface area contributed by atoms with Gasteiger partial charge in [0.25, 0.3) is 0 Å². The van der Waals surface area contributed by atoms with Gasteiger partial charge in [-0.2, -0.15) is 0 Å². The third-order valence-corrected chi connectivity index (χ3v) is 5.00. The Bertz CT molecular complexity index is 663. The van der Waals surface area contributed by atoms with Crippen LogP contribution in [0, 0.1) is 42.4 Å². The van der Waals surface area contributed by atoms with E-state index < -0.39 is 5.41 Å². The molecule has 2 N–H and O–H groups in total. The van der Waals surface area contributed by atoms with Crippen molar-refractivity contribution in [1.29, 1.82) is 0 Å². The minimum absolute atomic E-state index is 0.0300. The molecule has 0 bridgehead atoms. The monoisotopic (exact) mass is 569 g/mol. The van der Waals surface area contributed by atoms with Crippen LogP contribution in [-0.4, -0.2) is 131 Å². The van der Waals surface area contributed by atoms with Gasteiger partial charge in [-0.05, 0) is 0 Å². The molecule has 0 aliphatic carbocycles. The fourth-order valence-electron chi connectivity index (χ4n) is 3.24. The Labute approximate surface area is 239 Å². The maximum absolute atomic E-state index is 12.7. The van der Waals surface area contributed by atoms with Crippen molar-refractivity contribution >= 4 is 5.78 Å². The molecule has 0 spiro atoms. The first-order valence-electron chi connectivity index (χ1n) is 13.4. The zero-order valence-electron chi connectivity index (χ0n) is 23.7. The summed E-state index contributed by atoms with van der Waals surface area (Å²) < 4.78 is 49.0. The van der Waals surface area contributed by atoms with Gasteiger partial charge in [-0.25, -0.2) is 0 Å². The van der Waals surface area contributed by atoms with Crippen LogP contribution in [0.4, 0.5) is 0 Å². The van der Waals surface area contributed by atoms with Crippen LogP contribution < -0.4 is 5.73 Å². The molecule has 228 valence electrons. The number of hydrogen-bond donors (Lipinski definition) is 1. The van der Waals surface area contributed by atoms with Gasteiger partial charge in [0.2, 0.25) is 0 Å². The molecule has 11 heteroatoms. The molecule has 0 heterocycles. The Morgan fingerprint density at radius 3 is 1.18 bits per heavy atom. The Hall–Kier alpha value is -2.05. The number of hydrogen-bond acceptors (Lipinski definition) is 11. The van der Waals surface area contributed by atoms with E-state index in [-0.39, 0.29) is 64.9 Å². The van der Waals surface area contributed by atoms with Gasteiger partial charge in [-0.1, -0.05) is 17.8 Å². The molecule has 11 nitrogen and oxygen atoms in total. The number of carbonyl (C=O) groups excluding carboxylic acids is 1. The molecule has 0 aromatic heterocycles. The summed E-state index contributed by atoms with van der Waals surface area (Å²) in [5, 5.41) is 0. The fourth-order valence-corrected chi connectivity index (χ4v) is 3.24. The maximum Gasteiger partial charge on any atom is 0.136 e. The van der Waals surface area contributed by atoms with E-state index in [1.165, 1.54) is 0 Å². The maximum atomic E-state index is 12.7. The Balaban J connectivity index is 3.92. The SMILES string of the molecule is C#CCOCC(COCC#C)(COCC#C)CC(=O)CCOCCOCCOCCOCCOCCOCCN. The predicted octanol–water partition coefficient (Wildman–Crippen LogP) is 0.330. The molecule has 0 radical (unpaired) electrons. The van der Waals surface area contributed by atoms with Gasteiger partial charge in [0, 0.05) is 24.8 Å². The standard InChI is InChI=1S/C29H47NO10/c1-4-9-38-25-29(26-39-10-5-2,27-40-11-6-3)24-28(31)7-12-32-14-16-34-18-20-36-22-23-37-21-19-35-17-15-33-13-8-30/h1-3H,7-27,30H2. The third-order valence-electron chi connectivity index (χ3n) is 5.00. The van der Waals surface area contributed by atoms with Crippen molar-refractivity contribution in [2.45, 2.75) is 12.8 Å². The molecular formula is C29H47NO10. The molecule has 0 saturated heterocycles. The van der Waals surface area contributed by atoms with Crippen molar-refractivity contribution < 1.29 is 47.4 Å². The van der Waals surface area contributed by atoms with Crippen LogP contribution in [0.2, 0.25) is 0 Å². The lowest BCUT2D eigenvalue weighted by Gasteiger charge is -2.32. The quantitative estimate of drug-likeness (QED) is 0.0917. The smallest absolute Gasteiger partial charge is 0.136 e. The lowest BCUT2D eigenvalue weighted by atomic mass is 9.84. The molecule has 0 unspecified atom stereocenters. The van der Waals surface area contributed by atoms with E-state index in [1.54, 1.807) is 0 Å². The summed E-state index contributed by atoms with van der Waals surface area (Å²) in [6.07, 6.45) is 16.2. The number of ether oxygens (including phenoxy) is 9. The minimum atomic E-state index is -0.761. The van der Waals surface area contributed by atoms with Crippen molar-refractivity contribution in [1.82, 2.24) is 0 Å². The Morgan fingerprint density at radius 1 is 0.525 bits per heavy atom. The number of rotatable bonds is 31. The van der Waals surface area contributed by atoms with Crippen molar-refractivity contribution in [3.8, 4) is 37.0 Å². The fraction of sp³-hybridized carbons (Fsp3) is 0.759. The van der Waals surface area contributed by atoms with Crippen LogP contribution in [-0.2, 0) is 47.4 Å². The van der Waals surface area contributed by atoms with E-state index in [4.69, 9.17) is 67.6 Å². The molecule has 0 aromatic rings. The van der Waals surface area contributed by atoms with E-state index in [1.807, 2.05) is 0 Å². The highest BCUT2D eigenvalue weighted by Crippen LogP contribution is 2.26. The summed E-state index contributed by atoms with van der Waals surface area (Å²) in [6, 6.07) is 0. The second-order valence-corrected chi connectivity index (χ2v) is 8.52. The second kappa shape index (κ2) is 29.9. The van der Waals surface area contributed by atoms with Gasteiger partial charge in [0.1, 0.15) is 25.6 Å². The lowest BCUT2D eigenvalue weighted by Crippen LogP contribution is -2.40. The van der Waals surface area contributed by atoms with Gasteiger partial charge in [0.05, 0.1) is 99.1 Å². The summed E-state index contributed by atoms with van der Waals surface area (Å²) in [4.78, 5) is 12.7. The van der Waals surface area contributed by atoms with Crippen LogP contribution >= 0.6 is 0 Å². The average molecular weight is 570 g/mol. The zero-order valence-corrected chi connectivity index (χ0v) is 23.7. The predicted molar refractivity (Wildman–Crippen MR) is 150 cm³/mol. The van der Waals surface area contributed by atoms with Crippen LogP contribution in [0.3, 0.4) is 0 Å². The van der Waals surface area contributed by atoms with Gasteiger partial charge in [-0.15, -0.1) is 19.3 Å². The highest BCUT2D eigenvalue weighted by molar-refractivity contribution is 5.79. The van der Waals surface area contributed by atoms with Crippen molar-refractivity contribution in [2.75, 3.05) is 125 Å². The number of terminal acetylenes is 3. The van der Waals surface area contributed by atoms with Crippen molar-refractivity contribution in [2.24, 2.45) is 11.1 Å². The van der Waals surface area contributed by atoms with Gasteiger partial charge < -0.3 is 48.4 Å². The van der Waals surface area contributed by atoms with Crippen LogP contribution in [0.1, 0.15) is 12.8 Å². The highest BCUT2D eigenvalue weighted by Gasteiger charge is 2.34. The van der Waals surface area contributed by atoms with Crippen LogP contribution in [0.25, 0.3) is 0 Å². The highest BCUT2D eigenvalue weighted by atomic mass is 16.6. The summed E-state index contributed by atoms with van der Waals surface area (Å²) in [6.45, 7) is 6.76.